The van der Waals surface area contributed by atoms with Crippen molar-refractivity contribution < 1.29 is 14.3 Å². The van der Waals surface area contributed by atoms with E-state index < -0.39 is 11.1 Å². The van der Waals surface area contributed by atoms with Gasteiger partial charge in [0.15, 0.2) is 0 Å². The molecule has 1 fully saturated rings. The minimum atomic E-state index is -0.503. The van der Waals surface area contributed by atoms with E-state index in [0.29, 0.717) is 13.2 Å². The SMILES string of the molecule is C#C[C@@H]1CN(C(=O)OC(C)(C)C)C(C)(C)CO1. The molecule has 1 atom stereocenters. The Morgan fingerprint density at radius 2 is 2.12 bits per heavy atom. The van der Waals surface area contributed by atoms with Gasteiger partial charge in [-0.25, -0.2) is 4.79 Å². The molecule has 4 nitrogen and oxygen atoms in total. The van der Waals surface area contributed by atoms with Crippen LogP contribution in [0.15, 0.2) is 0 Å². The molecule has 0 unspecified atom stereocenters. The van der Waals surface area contributed by atoms with Crippen molar-refractivity contribution in [2.24, 2.45) is 0 Å². The van der Waals surface area contributed by atoms with E-state index in [9.17, 15) is 4.79 Å². The lowest BCUT2D eigenvalue weighted by molar-refractivity contribution is -0.0810. The summed E-state index contributed by atoms with van der Waals surface area (Å²) in [6.45, 7) is 10.2. The summed E-state index contributed by atoms with van der Waals surface area (Å²) in [5.74, 6) is 2.52. The molecule has 0 radical (unpaired) electrons. The maximum Gasteiger partial charge on any atom is 0.410 e. The van der Waals surface area contributed by atoms with Gasteiger partial charge in [0.1, 0.15) is 11.7 Å². The van der Waals surface area contributed by atoms with Crippen molar-refractivity contribution in [1.82, 2.24) is 4.90 Å². The van der Waals surface area contributed by atoms with Crippen molar-refractivity contribution in [2.75, 3.05) is 13.2 Å². The first-order chi connectivity index (χ1) is 7.65. The van der Waals surface area contributed by atoms with E-state index in [1.165, 1.54) is 0 Å². The number of hydrogen-bond acceptors (Lipinski definition) is 3. The Bertz CT molecular complexity index is 336. The van der Waals surface area contributed by atoms with Crippen LogP contribution in [0, 0.1) is 12.3 Å². The summed E-state index contributed by atoms with van der Waals surface area (Å²) in [7, 11) is 0. The normalized spacial score (nSPS) is 24.0. The number of amides is 1. The Kier molecular flexibility index (Phi) is 3.73. The van der Waals surface area contributed by atoms with Crippen LogP contribution in [0.4, 0.5) is 4.79 Å². The van der Waals surface area contributed by atoms with Gasteiger partial charge in [0.2, 0.25) is 0 Å². The highest BCUT2D eigenvalue weighted by atomic mass is 16.6. The number of morpholine rings is 1. The van der Waals surface area contributed by atoms with Crippen LogP contribution in [0.2, 0.25) is 0 Å². The number of carbonyl (C=O) groups excluding carboxylic acids is 1. The van der Waals surface area contributed by atoms with Crippen molar-refractivity contribution in [3.8, 4) is 12.3 Å². The average Bonchev–Trinajstić information content (AvgIpc) is 2.14. The molecule has 1 aliphatic rings. The zero-order valence-electron chi connectivity index (χ0n) is 11.2. The van der Waals surface area contributed by atoms with E-state index in [2.05, 4.69) is 5.92 Å². The molecule has 1 amide bonds. The second kappa shape index (κ2) is 4.58. The molecule has 1 heterocycles. The molecule has 0 bridgehead atoms. The van der Waals surface area contributed by atoms with Crippen LogP contribution in [0.5, 0.6) is 0 Å². The summed E-state index contributed by atoms with van der Waals surface area (Å²) in [5, 5.41) is 0. The Hall–Kier alpha value is -1.21. The Labute approximate surface area is 103 Å². The standard InChI is InChI=1S/C13H21NO3/c1-7-10-8-14(13(5,6)9-16-10)11(15)17-12(2,3)4/h1,10H,8-9H2,2-6H3/t10-/m1/s1. The Morgan fingerprint density at radius 3 is 2.59 bits per heavy atom. The van der Waals surface area contributed by atoms with Gasteiger partial charge in [0, 0.05) is 0 Å². The molecule has 0 aliphatic carbocycles. The lowest BCUT2D eigenvalue weighted by atomic mass is 10.0. The first kappa shape index (κ1) is 13.9. The summed E-state index contributed by atoms with van der Waals surface area (Å²) in [6.07, 6.45) is 4.63. The third kappa shape index (κ3) is 3.64. The zero-order chi connectivity index (χ0) is 13.3. The average molecular weight is 239 g/mol. The number of hydrogen-bond donors (Lipinski definition) is 0. The summed E-state index contributed by atoms with van der Waals surface area (Å²) in [6, 6.07) is 0. The van der Waals surface area contributed by atoms with Crippen LogP contribution in [0.3, 0.4) is 0 Å². The van der Waals surface area contributed by atoms with Crippen molar-refractivity contribution in [2.45, 2.75) is 51.9 Å². The van der Waals surface area contributed by atoms with Gasteiger partial charge < -0.3 is 9.47 Å². The van der Waals surface area contributed by atoms with Crippen molar-refractivity contribution in [3.63, 3.8) is 0 Å². The molecule has 4 heteroatoms. The largest absolute Gasteiger partial charge is 0.444 e. The Balaban J connectivity index is 2.78. The molecule has 0 aromatic carbocycles. The van der Waals surface area contributed by atoms with Gasteiger partial charge in [0.25, 0.3) is 0 Å². The molecule has 0 aromatic heterocycles. The first-order valence-corrected chi connectivity index (χ1v) is 5.74. The van der Waals surface area contributed by atoms with Gasteiger partial charge >= 0.3 is 6.09 Å². The van der Waals surface area contributed by atoms with Gasteiger partial charge in [-0.15, -0.1) is 6.42 Å². The smallest absolute Gasteiger partial charge is 0.410 e. The molecule has 1 saturated heterocycles. The highest BCUT2D eigenvalue weighted by Gasteiger charge is 2.39. The first-order valence-electron chi connectivity index (χ1n) is 5.74. The lowest BCUT2D eigenvalue weighted by Gasteiger charge is -2.44. The van der Waals surface area contributed by atoms with Crippen LogP contribution in [-0.2, 0) is 9.47 Å². The highest BCUT2D eigenvalue weighted by Crippen LogP contribution is 2.24. The van der Waals surface area contributed by atoms with Crippen LogP contribution < -0.4 is 0 Å². The summed E-state index contributed by atoms with van der Waals surface area (Å²) >= 11 is 0. The summed E-state index contributed by atoms with van der Waals surface area (Å²) in [4.78, 5) is 13.7. The van der Waals surface area contributed by atoms with Crippen molar-refractivity contribution in [3.05, 3.63) is 0 Å². The zero-order valence-corrected chi connectivity index (χ0v) is 11.2. The number of nitrogens with zero attached hydrogens (tertiary/aromatic N) is 1. The lowest BCUT2D eigenvalue weighted by Crippen LogP contribution is -2.59. The quantitative estimate of drug-likeness (QED) is 0.607. The summed E-state index contributed by atoms with van der Waals surface area (Å²) < 4.78 is 10.8. The molecular weight excluding hydrogens is 218 g/mol. The minimum Gasteiger partial charge on any atom is -0.444 e. The predicted molar refractivity (Wildman–Crippen MR) is 65.6 cm³/mol. The molecule has 0 spiro atoms. The van der Waals surface area contributed by atoms with Gasteiger partial charge in [-0.05, 0) is 34.6 Å². The summed E-state index contributed by atoms with van der Waals surface area (Å²) in [5.41, 5.74) is -0.896. The number of carbonyl (C=O) groups is 1. The van der Waals surface area contributed by atoms with Crippen LogP contribution in [0.1, 0.15) is 34.6 Å². The van der Waals surface area contributed by atoms with E-state index in [4.69, 9.17) is 15.9 Å². The van der Waals surface area contributed by atoms with Crippen LogP contribution >= 0.6 is 0 Å². The number of terminal acetylenes is 1. The molecule has 0 aromatic rings. The van der Waals surface area contributed by atoms with Crippen LogP contribution in [0.25, 0.3) is 0 Å². The van der Waals surface area contributed by atoms with E-state index in [-0.39, 0.29) is 12.2 Å². The second-order valence-corrected chi connectivity index (χ2v) is 5.87. The van der Waals surface area contributed by atoms with E-state index >= 15 is 0 Å². The van der Waals surface area contributed by atoms with E-state index in [1.807, 2.05) is 34.6 Å². The monoisotopic (exact) mass is 239 g/mol. The van der Waals surface area contributed by atoms with E-state index in [0.717, 1.165) is 0 Å². The Morgan fingerprint density at radius 1 is 1.53 bits per heavy atom. The van der Waals surface area contributed by atoms with Crippen molar-refractivity contribution >= 4 is 6.09 Å². The number of rotatable bonds is 0. The highest BCUT2D eigenvalue weighted by molar-refractivity contribution is 5.69. The third-order valence-electron chi connectivity index (χ3n) is 2.52. The molecule has 1 aliphatic heterocycles. The fraction of sp³-hybridized carbons (Fsp3) is 0.769. The topological polar surface area (TPSA) is 38.8 Å². The van der Waals surface area contributed by atoms with Gasteiger partial charge in [-0.3, -0.25) is 4.90 Å². The predicted octanol–water partition coefficient (Wildman–Crippen LogP) is 2.03. The van der Waals surface area contributed by atoms with Gasteiger partial charge in [0.05, 0.1) is 18.7 Å². The molecule has 17 heavy (non-hydrogen) atoms. The maximum absolute atomic E-state index is 12.1. The maximum atomic E-state index is 12.1. The molecule has 0 saturated carbocycles. The van der Waals surface area contributed by atoms with E-state index in [1.54, 1.807) is 4.90 Å². The third-order valence-corrected chi connectivity index (χ3v) is 2.52. The fourth-order valence-electron chi connectivity index (χ4n) is 1.59. The van der Waals surface area contributed by atoms with Gasteiger partial charge in [-0.1, -0.05) is 5.92 Å². The molecular formula is C13H21NO3. The van der Waals surface area contributed by atoms with Crippen molar-refractivity contribution in [1.29, 1.82) is 0 Å². The second-order valence-electron chi connectivity index (χ2n) is 5.87. The van der Waals surface area contributed by atoms with Crippen LogP contribution in [-0.4, -0.2) is 41.4 Å². The number of ether oxygens (including phenoxy) is 2. The molecule has 1 rings (SSSR count). The van der Waals surface area contributed by atoms with Gasteiger partial charge in [-0.2, -0.15) is 0 Å². The fourth-order valence-corrected chi connectivity index (χ4v) is 1.59. The molecule has 0 N–H and O–H groups in total. The minimum absolute atomic E-state index is 0.342. The molecule has 96 valence electrons.